The molecule has 0 aromatic heterocycles. The van der Waals surface area contributed by atoms with Gasteiger partial charge < -0.3 is 46.7 Å². The van der Waals surface area contributed by atoms with Crippen molar-refractivity contribution in [1.82, 2.24) is 0 Å². The standard InChI is InChI=1S/C32H54O5Si.C32H50O5Si/c2*1-8-23-18-25(23)28(37-38(6,7)30(2,3)4)26-19-27-29(36-27)24(26)16-14-12-10-9-11-13-15-17-32-33-20-31(5,21-34-32)22-35-32/h9,11-12,14,23-29H,8,10,13,15-22H2,1-7H3;23-29H,8,10,13,15-22H2,1-7H3/b11-9-,14-12-;/t2*23-,24-,25?,26+,27?,28+,29+,31?,32?/m00/s1. The maximum Gasteiger partial charge on any atom is 0.282 e. The number of fused-ring (bicyclic) bond motifs is 8. The lowest BCUT2D eigenvalue weighted by atomic mass is 9.84. The van der Waals surface area contributed by atoms with Gasteiger partial charge in [-0.1, -0.05) is 118 Å². The van der Waals surface area contributed by atoms with Crippen LogP contribution in [0.15, 0.2) is 24.3 Å². The normalized spacial score (nSPS) is 40.6. The fraction of sp³-hybridized carbons (Fsp3) is 0.875. The summed E-state index contributed by atoms with van der Waals surface area (Å²) >= 11 is 0. The van der Waals surface area contributed by atoms with Crippen molar-refractivity contribution in [3.8, 4) is 23.7 Å². The minimum absolute atomic E-state index is 0.0137. The van der Waals surface area contributed by atoms with E-state index < -0.39 is 28.6 Å². The number of hydrogen-bond donors (Lipinski definition) is 0. The molecule has 10 nitrogen and oxygen atoms in total. The Morgan fingerprint density at radius 3 is 1.47 bits per heavy atom. The quantitative estimate of drug-likeness (QED) is 0.0343. The number of ether oxygens (including phenoxy) is 8. The van der Waals surface area contributed by atoms with E-state index >= 15 is 0 Å². The Morgan fingerprint density at radius 1 is 0.553 bits per heavy atom. The van der Waals surface area contributed by atoms with Crippen LogP contribution < -0.4 is 0 Å². The molecule has 4 aliphatic carbocycles. The summed E-state index contributed by atoms with van der Waals surface area (Å²) in [5.41, 5.74) is 0.0490. The third kappa shape index (κ3) is 14.1. The fourth-order valence-corrected chi connectivity index (χ4v) is 15.8. The van der Waals surface area contributed by atoms with Crippen LogP contribution in [0.5, 0.6) is 0 Å². The van der Waals surface area contributed by atoms with E-state index in [-0.39, 0.29) is 20.9 Å². The molecule has 8 aliphatic heterocycles. The SMILES string of the molecule is CC[C@H]1CC1[C@@H](O[Si](C)(C)C(C)(C)C)[C@@H]1CC2O[C@@H]2[C@H]1C/C=C\C/C=C\CCCC12OCC(C)(CO1)CO2.CC[C@H]1CC1[C@@H](O[Si](C)(C)C(C)(C)C)[C@@H]1CC2O[C@@H]2[C@H]1CC#CCC#CCCCC12OCC(C)(CO1)CO2. The van der Waals surface area contributed by atoms with Crippen LogP contribution in [0.3, 0.4) is 0 Å². The molecule has 0 radical (unpaired) electrons. The molecule has 0 amide bonds. The first kappa shape index (κ1) is 59.3. The van der Waals surface area contributed by atoms with Crippen molar-refractivity contribution < 1.29 is 46.7 Å². The van der Waals surface area contributed by atoms with Gasteiger partial charge in [-0.25, -0.2) is 0 Å². The van der Waals surface area contributed by atoms with Gasteiger partial charge in [0, 0.05) is 42.4 Å². The maximum atomic E-state index is 7.21. The molecule has 12 fully saturated rings. The molecule has 12 aliphatic rings. The van der Waals surface area contributed by atoms with Gasteiger partial charge in [0.1, 0.15) is 0 Å². The van der Waals surface area contributed by atoms with Crippen LogP contribution in [0.1, 0.15) is 172 Å². The molecule has 14 atom stereocenters. The lowest BCUT2D eigenvalue weighted by molar-refractivity contribution is -0.467. The summed E-state index contributed by atoms with van der Waals surface area (Å²) in [6.45, 7) is 37.2. The summed E-state index contributed by atoms with van der Waals surface area (Å²) in [7, 11) is -3.64. The first-order valence-electron chi connectivity index (χ1n) is 30.6. The Balaban J connectivity index is 0.000000186. The molecule has 12 rings (SSSR count). The van der Waals surface area contributed by atoms with E-state index in [9.17, 15) is 0 Å². The zero-order chi connectivity index (χ0) is 54.4. The predicted octanol–water partition coefficient (Wildman–Crippen LogP) is 14.1. The van der Waals surface area contributed by atoms with Crippen LogP contribution in [0.2, 0.25) is 36.3 Å². The lowest BCUT2D eigenvalue weighted by Crippen LogP contribution is -2.58. The van der Waals surface area contributed by atoms with Crippen molar-refractivity contribution in [2.75, 3.05) is 39.6 Å². The van der Waals surface area contributed by atoms with Gasteiger partial charge >= 0.3 is 0 Å². The molecule has 8 heterocycles. The number of rotatable bonds is 22. The van der Waals surface area contributed by atoms with Gasteiger partial charge in [-0.2, -0.15) is 0 Å². The fourth-order valence-electron chi connectivity index (χ4n) is 13.0. The topological polar surface area (TPSA) is 98.9 Å². The average molecular weight is 1090 g/mol. The van der Waals surface area contributed by atoms with Gasteiger partial charge in [-0.05, 0) is 135 Å². The molecule has 4 saturated carbocycles. The number of allylic oxidation sites excluding steroid dienone is 4. The molecule has 8 saturated heterocycles. The van der Waals surface area contributed by atoms with Gasteiger partial charge in [-0.15, -0.1) is 11.8 Å². The molecule has 4 unspecified atom stereocenters. The summed E-state index contributed by atoms with van der Waals surface area (Å²) in [5, 5.41) is 0.484. The molecule has 0 aromatic rings. The predicted molar refractivity (Wildman–Crippen MR) is 306 cm³/mol. The van der Waals surface area contributed by atoms with Gasteiger partial charge in [-0.3, -0.25) is 0 Å². The minimum atomic E-state index is -1.84. The van der Waals surface area contributed by atoms with Gasteiger partial charge in [0.15, 0.2) is 16.6 Å². The Bertz CT molecular complexity index is 2100. The van der Waals surface area contributed by atoms with Crippen LogP contribution in [-0.2, 0) is 46.7 Å². The molecule has 76 heavy (non-hydrogen) atoms. The first-order chi connectivity index (χ1) is 35.9. The van der Waals surface area contributed by atoms with Crippen molar-refractivity contribution in [2.24, 2.45) is 58.2 Å². The van der Waals surface area contributed by atoms with Crippen LogP contribution in [-0.4, -0.2) is 105 Å². The van der Waals surface area contributed by atoms with Crippen molar-refractivity contribution >= 4 is 16.6 Å². The van der Waals surface area contributed by atoms with Gasteiger partial charge in [0.25, 0.3) is 11.9 Å². The van der Waals surface area contributed by atoms with Crippen molar-refractivity contribution in [1.29, 1.82) is 0 Å². The van der Waals surface area contributed by atoms with Crippen LogP contribution >= 0.6 is 0 Å². The molecule has 0 N–H and O–H groups in total. The Morgan fingerprint density at radius 2 is 1.00 bits per heavy atom. The van der Waals surface area contributed by atoms with Crippen LogP contribution in [0, 0.1) is 81.9 Å². The average Bonchev–Trinajstić information content (AvgIpc) is 4.24. The number of unbranched alkanes of at least 4 members (excludes halogenated alkanes) is 2. The van der Waals surface area contributed by atoms with Gasteiger partial charge in [0.05, 0.1) is 82.7 Å². The number of hydrogen-bond acceptors (Lipinski definition) is 10. The first-order valence-corrected chi connectivity index (χ1v) is 36.5. The van der Waals surface area contributed by atoms with Crippen molar-refractivity contribution in [3.63, 3.8) is 0 Å². The van der Waals surface area contributed by atoms with E-state index in [1.54, 1.807) is 0 Å². The van der Waals surface area contributed by atoms with E-state index in [0.29, 0.717) is 86.5 Å². The molecule has 428 valence electrons. The second kappa shape index (κ2) is 23.5. The Labute approximate surface area is 463 Å². The summed E-state index contributed by atoms with van der Waals surface area (Å²) < 4.78 is 61.7. The summed E-state index contributed by atoms with van der Waals surface area (Å²) in [5.74, 6) is 17.3. The highest BCUT2D eigenvalue weighted by atomic mass is 28.4. The smallest absolute Gasteiger partial charge is 0.282 e. The van der Waals surface area contributed by atoms with E-state index in [1.165, 1.54) is 32.1 Å². The zero-order valence-corrected chi connectivity index (χ0v) is 52.0. The molecule has 0 aromatic carbocycles. The molecular weight excluding hydrogens is 985 g/mol. The lowest BCUT2D eigenvalue weighted by Gasteiger charge is -2.50. The summed E-state index contributed by atoms with van der Waals surface area (Å²) in [6.07, 6.45) is 28.5. The second-order valence-electron chi connectivity index (χ2n) is 29.2. The second-order valence-corrected chi connectivity index (χ2v) is 38.7. The molecular formula is C64H104O10Si2. The summed E-state index contributed by atoms with van der Waals surface area (Å²) in [6, 6.07) is 0. The number of epoxide rings is 2. The minimum Gasteiger partial charge on any atom is -0.413 e. The third-order valence-electron chi connectivity index (χ3n) is 20.6. The third-order valence-corrected chi connectivity index (χ3v) is 29.6. The monoisotopic (exact) mass is 1090 g/mol. The largest absolute Gasteiger partial charge is 0.413 e. The Kier molecular flexibility index (Phi) is 18.3. The molecule has 4 bridgehead atoms. The zero-order valence-electron chi connectivity index (χ0n) is 50.0. The van der Waals surface area contributed by atoms with Crippen molar-refractivity contribution in [2.45, 2.75) is 257 Å². The van der Waals surface area contributed by atoms with E-state index in [4.69, 9.17) is 46.7 Å². The molecule has 12 heteroatoms. The Hall–Kier alpha value is -1.37. The highest BCUT2D eigenvalue weighted by molar-refractivity contribution is 6.74. The highest BCUT2D eigenvalue weighted by Crippen LogP contribution is 2.59. The van der Waals surface area contributed by atoms with Crippen LogP contribution in [0.4, 0.5) is 0 Å². The maximum absolute atomic E-state index is 7.21. The summed E-state index contributed by atoms with van der Waals surface area (Å²) in [4.78, 5) is 0. The van der Waals surface area contributed by atoms with E-state index in [2.05, 4.69) is 143 Å². The van der Waals surface area contributed by atoms with E-state index in [1.807, 2.05) is 0 Å². The molecule has 0 spiro atoms. The highest BCUT2D eigenvalue weighted by Gasteiger charge is 2.63. The van der Waals surface area contributed by atoms with Gasteiger partial charge in [0.2, 0.25) is 0 Å². The van der Waals surface area contributed by atoms with Crippen LogP contribution in [0.25, 0.3) is 0 Å². The van der Waals surface area contributed by atoms with E-state index in [0.717, 1.165) is 108 Å². The van der Waals surface area contributed by atoms with Crippen molar-refractivity contribution in [3.05, 3.63) is 24.3 Å².